The first-order valence-corrected chi connectivity index (χ1v) is 6.10. The van der Waals surface area contributed by atoms with Crippen LogP contribution in [0.15, 0.2) is 0 Å². The molecule has 3 nitrogen and oxygen atoms in total. The van der Waals surface area contributed by atoms with E-state index in [9.17, 15) is 4.79 Å². The maximum atomic E-state index is 11.9. The summed E-state index contributed by atoms with van der Waals surface area (Å²) in [5.41, 5.74) is 5.84. The van der Waals surface area contributed by atoms with Crippen LogP contribution in [-0.2, 0) is 4.79 Å². The molecule has 2 unspecified atom stereocenters. The molecule has 3 heteroatoms. The van der Waals surface area contributed by atoms with Gasteiger partial charge in [-0.05, 0) is 24.7 Å². The van der Waals surface area contributed by atoms with Gasteiger partial charge in [-0.3, -0.25) is 4.79 Å². The summed E-state index contributed by atoms with van der Waals surface area (Å²) < 4.78 is 0. The Morgan fingerprint density at radius 1 is 1.53 bits per heavy atom. The molecular weight excluding hydrogens is 188 g/mol. The summed E-state index contributed by atoms with van der Waals surface area (Å²) in [5.74, 6) is 1.49. The third-order valence-electron chi connectivity index (χ3n) is 3.40. The largest absolute Gasteiger partial charge is 0.341 e. The first-order valence-electron chi connectivity index (χ1n) is 6.10. The van der Waals surface area contributed by atoms with Crippen molar-refractivity contribution in [2.45, 2.75) is 46.1 Å². The van der Waals surface area contributed by atoms with Crippen molar-refractivity contribution in [3.63, 3.8) is 0 Å². The van der Waals surface area contributed by atoms with Gasteiger partial charge in [-0.1, -0.05) is 27.2 Å². The zero-order valence-corrected chi connectivity index (χ0v) is 10.2. The second-order valence-electron chi connectivity index (χ2n) is 4.97. The highest BCUT2D eigenvalue weighted by Gasteiger charge is 2.30. The van der Waals surface area contributed by atoms with Gasteiger partial charge < -0.3 is 10.6 Å². The number of hydrogen-bond donors (Lipinski definition) is 1. The van der Waals surface area contributed by atoms with Crippen LogP contribution in [0.2, 0.25) is 0 Å². The van der Waals surface area contributed by atoms with Crippen molar-refractivity contribution in [1.29, 1.82) is 0 Å². The number of amides is 1. The van der Waals surface area contributed by atoms with Gasteiger partial charge in [0.15, 0.2) is 0 Å². The molecule has 1 aliphatic rings. The Morgan fingerprint density at radius 3 is 2.67 bits per heavy atom. The first-order chi connectivity index (χ1) is 7.06. The second kappa shape index (κ2) is 5.50. The maximum absolute atomic E-state index is 11.9. The van der Waals surface area contributed by atoms with Gasteiger partial charge >= 0.3 is 0 Å². The minimum atomic E-state index is -0.277. The smallest absolute Gasteiger partial charge is 0.239 e. The standard InChI is InChI=1S/C12H24N2O/c1-4-5-11(13)12(15)14-7-6-10(8-14)9(2)3/h9-11H,4-8,13H2,1-3H3. The van der Waals surface area contributed by atoms with E-state index in [4.69, 9.17) is 5.73 Å². The van der Waals surface area contributed by atoms with Gasteiger partial charge in [-0.25, -0.2) is 0 Å². The molecule has 0 aromatic rings. The average Bonchev–Trinajstić information content (AvgIpc) is 2.65. The fourth-order valence-electron chi connectivity index (χ4n) is 2.20. The predicted octanol–water partition coefficient (Wildman–Crippen LogP) is 1.62. The summed E-state index contributed by atoms with van der Waals surface area (Å²) in [5, 5.41) is 0. The molecule has 15 heavy (non-hydrogen) atoms. The van der Waals surface area contributed by atoms with Crippen molar-refractivity contribution in [3.05, 3.63) is 0 Å². The molecular formula is C12H24N2O. The molecule has 0 spiro atoms. The highest BCUT2D eigenvalue weighted by Crippen LogP contribution is 2.24. The van der Waals surface area contributed by atoms with Gasteiger partial charge in [0, 0.05) is 13.1 Å². The van der Waals surface area contributed by atoms with Crippen LogP contribution in [-0.4, -0.2) is 29.9 Å². The topological polar surface area (TPSA) is 46.3 Å². The molecule has 0 aromatic carbocycles. The number of hydrogen-bond acceptors (Lipinski definition) is 2. The van der Waals surface area contributed by atoms with Gasteiger partial charge in [0.05, 0.1) is 6.04 Å². The first kappa shape index (κ1) is 12.5. The van der Waals surface area contributed by atoms with E-state index >= 15 is 0 Å². The third-order valence-corrected chi connectivity index (χ3v) is 3.40. The Morgan fingerprint density at radius 2 is 2.20 bits per heavy atom. The number of likely N-dealkylation sites (tertiary alicyclic amines) is 1. The lowest BCUT2D eigenvalue weighted by molar-refractivity contribution is -0.131. The van der Waals surface area contributed by atoms with E-state index in [2.05, 4.69) is 20.8 Å². The van der Waals surface area contributed by atoms with Crippen molar-refractivity contribution in [1.82, 2.24) is 4.90 Å². The molecule has 1 heterocycles. The summed E-state index contributed by atoms with van der Waals surface area (Å²) >= 11 is 0. The minimum absolute atomic E-state index is 0.153. The van der Waals surface area contributed by atoms with Gasteiger partial charge in [0.2, 0.25) is 5.91 Å². The molecule has 1 fully saturated rings. The quantitative estimate of drug-likeness (QED) is 0.769. The SMILES string of the molecule is CCCC(N)C(=O)N1CCC(C(C)C)C1. The van der Waals surface area contributed by atoms with Crippen LogP contribution < -0.4 is 5.73 Å². The molecule has 2 N–H and O–H groups in total. The molecule has 2 atom stereocenters. The lowest BCUT2D eigenvalue weighted by Crippen LogP contribution is -2.42. The van der Waals surface area contributed by atoms with Crippen LogP contribution in [0, 0.1) is 11.8 Å². The summed E-state index contributed by atoms with van der Waals surface area (Å²) in [7, 11) is 0. The van der Waals surface area contributed by atoms with Crippen LogP contribution in [0.5, 0.6) is 0 Å². The number of nitrogens with two attached hydrogens (primary N) is 1. The van der Waals surface area contributed by atoms with Gasteiger partial charge in [-0.2, -0.15) is 0 Å². The number of carbonyl (C=O) groups excluding carboxylic acids is 1. The fourth-order valence-corrected chi connectivity index (χ4v) is 2.20. The highest BCUT2D eigenvalue weighted by molar-refractivity contribution is 5.81. The number of nitrogens with zero attached hydrogens (tertiary/aromatic N) is 1. The Kier molecular flexibility index (Phi) is 4.58. The number of carbonyl (C=O) groups is 1. The predicted molar refractivity (Wildman–Crippen MR) is 62.4 cm³/mol. The van der Waals surface area contributed by atoms with Gasteiger partial charge in [0.25, 0.3) is 0 Å². The normalized spacial score (nSPS) is 23.5. The van der Waals surface area contributed by atoms with E-state index < -0.39 is 0 Å². The lowest BCUT2D eigenvalue weighted by atomic mass is 9.95. The molecule has 0 saturated carbocycles. The van der Waals surface area contributed by atoms with Crippen molar-refractivity contribution in [2.24, 2.45) is 17.6 Å². The monoisotopic (exact) mass is 212 g/mol. The van der Waals surface area contributed by atoms with Crippen LogP contribution in [0.1, 0.15) is 40.0 Å². The summed E-state index contributed by atoms with van der Waals surface area (Å²) in [6.45, 7) is 8.33. The van der Waals surface area contributed by atoms with Crippen LogP contribution in [0.4, 0.5) is 0 Å². The van der Waals surface area contributed by atoms with E-state index in [-0.39, 0.29) is 11.9 Å². The average molecular weight is 212 g/mol. The van der Waals surface area contributed by atoms with Crippen molar-refractivity contribution < 1.29 is 4.79 Å². The maximum Gasteiger partial charge on any atom is 0.239 e. The van der Waals surface area contributed by atoms with Crippen molar-refractivity contribution in [3.8, 4) is 0 Å². The van der Waals surface area contributed by atoms with Gasteiger partial charge in [-0.15, -0.1) is 0 Å². The van der Waals surface area contributed by atoms with E-state index in [1.807, 2.05) is 4.90 Å². The van der Waals surface area contributed by atoms with Crippen LogP contribution in [0.3, 0.4) is 0 Å². The minimum Gasteiger partial charge on any atom is -0.341 e. The van der Waals surface area contributed by atoms with E-state index in [0.717, 1.165) is 32.4 Å². The molecule has 0 aromatic heterocycles. The molecule has 88 valence electrons. The van der Waals surface area contributed by atoms with Crippen molar-refractivity contribution in [2.75, 3.05) is 13.1 Å². The summed E-state index contributed by atoms with van der Waals surface area (Å²) in [6.07, 6.45) is 2.93. The fraction of sp³-hybridized carbons (Fsp3) is 0.917. The molecule has 0 bridgehead atoms. The van der Waals surface area contributed by atoms with E-state index in [1.165, 1.54) is 0 Å². The van der Waals surface area contributed by atoms with Gasteiger partial charge in [0.1, 0.15) is 0 Å². The molecule has 1 aliphatic heterocycles. The third kappa shape index (κ3) is 3.20. The Hall–Kier alpha value is -0.570. The molecule has 1 rings (SSSR count). The highest BCUT2D eigenvalue weighted by atomic mass is 16.2. The Labute approximate surface area is 93.0 Å². The summed E-state index contributed by atoms with van der Waals surface area (Å²) in [4.78, 5) is 13.9. The second-order valence-corrected chi connectivity index (χ2v) is 4.97. The molecule has 1 amide bonds. The van der Waals surface area contributed by atoms with Crippen molar-refractivity contribution >= 4 is 5.91 Å². The Bertz CT molecular complexity index is 216. The van der Waals surface area contributed by atoms with E-state index in [0.29, 0.717) is 11.8 Å². The Balaban J connectivity index is 2.42. The number of rotatable bonds is 4. The zero-order chi connectivity index (χ0) is 11.4. The molecule has 0 aliphatic carbocycles. The van der Waals surface area contributed by atoms with Crippen LogP contribution in [0.25, 0.3) is 0 Å². The van der Waals surface area contributed by atoms with E-state index in [1.54, 1.807) is 0 Å². The summed E-state index contributed by atoms with van der Waals surface area (Å²) in [6, 6.07) is -0.277. The lowest BCUT2D eigenvalue weighted by Gasteiger charge is -2.21. The molecule has 1 saturated heterocycles. The molecule has 0 radical (unpaired) electrons. The van der Waals surface area contributed by atoms with Crippen LogP contribution >= 0.6 is 0 Å². The zero-order valence-electron chi connectivity index (χ0n) is 10.2.